The summed E-state index contributed by atoms with van der Waals surface area (Å²) in [6, 6.07) is 7.89. The van der Waals surface area contributed by atoms with Gasteiger partial charge < -0.3 is 10.1 Å². The summed E-state index contributed by atoms with van der Waals surface area (Å²) >= 11 is 0. The van der Waals surface area contributed by atoms with E-state index in [2.05, 4.69) is 10.3 Å². The van der Waals surface area contributed by atoms with Crippen LogP contribution in [0.2, 0.25) is 0 Å². The molecule has 1 N–H and O–H groups in total. The molecule has 3 nitrogen and oxygen atoms in total. The highest BCUT2D eigenvalue weighted by molar-refractivity contribution is 5.95. The van der Waals surface area contributed by atoms with Crippen molar-refractivity contribution in [2.24, 2.45) is 0 Å². The Morgan fingerprint density at radius 2 is 2.07 bits per heavy atom. The number of hydrogen-bond acceptors (Lipinski definition) is 3. The largest absolute Gasteiger partial charge is 0.496 e. The quantitative estimate of drug-likeness (QED) is 0.785. The van der Waals surface area contributed by atoms with Gasteiger partial charge in [-0.15, -0.1) is 0 Å². The molecule has 1 aromatic heterocycles. The normalized spacial score (nSPS) is 10.1. The molecule has 0 aliphatic heterocycles. The summed E-state index contributed by atoms with van der Waals surface area (Å²) in [5.74, 6) is 1.75. The first kappa shape index (κ1) is 8.81. The number of methoxy groups -OCH3 is 1. The van der Waals surface area contributed by atoms with Gasteiger partial charge in [-0.25, -0.2) is 4.98 Å². The number of nitrogens with zero attached hydrogens (tertiary/aromatic N) is 1. The van der Waals surface area contributed by atoms with E-state index in [1.165, 1.54) is 0 Å². The lowest BCUT2D eigenvalue weighted by atomic mass is 10.1. The van der Waals surface area contributed by atoms with Gasteiger partial charge in [0.2, 0.25) is 0 Å². The molecule has 0 aliphatic rings. The summed E-state index contributed by atoms with van der Waals surface area (Å²) < 4.78 is 5.27. The standard InChI is InChI=1S/C11H12N2O/c1-12-11-9-4-3-5-10(14-2)8(9)6-7-13-11/h3-7H,1-2H3,(H,12,13). The monoisotopic (exact) mass is 188 g/mol. The average molecular weight is 188 g/mol. The minimum absolute atomic E-state index is 0.876. The van der Waals surface area contributed by atoms with Gasteiger partial charge in [-0.05, 0) is 12.1 Å². The van der Waals surface area contributed by atoms with E-state index in [0.29, 0.717) is 0 Å². The molecule has 0 unspecified atom stereocenters. The highest BCUT2D eigenvalue weighted by Gasteiger charge is 2.03. The molecule has 2 rings (SSSR count). The fourth-order valence-corrected chi connectivity index (χ4v) is 1.56. The van der Waals surface area contributed by atoms with E-state index in [0.717, 1.165) is 22.3 Å². The third kappa shape index (κ3) is 1.27. The van der Waals surface area contributed by atoms with E-state index in [9.17, 15) is 0 Å². The molecular weight excluding hydrogens is 176 g/mol. The summed E-state index contributed by atoms with van der Waals surface area (Å²) in [6.07, 6.45) is 1.77. The molecule has 0 aliphatic carbocycles. The number of nitrogens with one attached hydrogen (secondary N) is 1. The van der Waals surface area contributed by atoms with Gasteiger partial charge in [0.1, 0.15) is 11.6 Å². The van der Waals surface area contributed by atoms with E-state index in [1.807, 2.05) is 31.3 Å². The smallest absolute Gasteiger partial charge is 0.133 e. The summed E-state index contributed by atoms with van der Waals surface area (Å²) in [5.41, 5.74) is 0. The van der Waals surface area contributed by atoms with Crippen molar-refractivity contribution in [3.05, 3.63) is 30.5 Å². The second-order valence-electron chi connectivity index (χ2n) is 2.96. The number of rotatable bonds is 2. The van der Waals surface area contributed by atoms with Crippen LogP contribution in [0.1, 0.15) is 0 Å². The first-order chi connectivity index (χ1) is 6.86. The molecule has 14 heavy (non-hydrogen) atoms. The fourth-order valence-electron chi connectivity index (χ4n) is 1.56. The van der Waals surface area contributed by atoms with Crippen molar-refractivity contribution < 1.29 is 4.74 Å². The van der Waals surface area contributed by atoms with Gasteiger partial charge in [0, 0.05) is 24.0 Å². The van der Waals surface area contributed by atoms with Crippen molar-refractivity contribution in [3.8, 4) is 5.75 Å². The number of anilines is 1. The highest BCUT2D eigenvalue weighted by Crippen LogP contribution is 2.28. The molecule has 3 heteroatoms. The molecule has 0 saturated heterocycles. The maximum atomic E-state index is 5.27. The van der Waals surface area contributed by atoms with Gasteiger partial charge in [-0.3, -0.25) is 0 Å². The summed E-state index contributed by atoms with van der Waals surface area (Å²) in [6.45, 7) is 0. The average Bonchev–Trinajstić information content (AvgIpc) is 2.27. The Morgan fingerprint density at radius 3 is 2.79 bits per heavy atom. The molecule has 72 valence electrons. The van der Waals surface area contributed by atoms with E-state index in [4.69, 9.17) is 4.74 Å². The van der Waals surface area contributed by atoms with Gasteiger partial charge in [0.25, 0.3) is 0 Å². The Hall–Kier alpha value is -1.77. The minimum atomic E-state index is 0.876. The Bertz CT molecular complexity index is 411. The number of benzene rings is 1. The van der Waals surface area contributed by atoms with Crippen molar-refractivity contribution in [3.63, 3.8) is 0 Å². The molecule has 0 atom stereocenters. The fraction of sp³-hybridized carbons (Fsp3) is 0.182. The topological polar surface area (TPSA) is 34.2 Å². The Morgan fingerprint density at radius 1 is 1.21 bits per heavy atom. The van der Waals surface area contributed by atoms with Crippen LogP contribution >= 0.6 is 0 Å². The number of hydrogen-bond donors (Lipinski definition) is 1. The molecule has 0 amide bonds. The van der Waals surface area contributed by atoms with Crippen LogP contribution in [0.4, 0.5) is 5.82 Å². The molecular formula is C11H12N2O. The zero-order valence-electron chi connectivity index (χ0n) is 8.24. The van der Waals surface area contributed by atoms with Crippen LogP contribution in [0.5, 0.6) is 5.75 Å². The molecule has 0 radical (unpaired) electrons. The van der Waals surface area contributed by atoms with Crippen LogP contribution in [0.15, 0.2) is 30.5 Å². The Balaban J connectivity index is 2.77. The van der Waals surface area contributed by atoms with Crippen LogP contribution in [0.25, 0.3) is 10.8 Å². The second-order valence-corrected chi connectivity index (χ2v) is 2.96. The van der Waals surface area contributed by atoms with Crippen molar-refractivity contribution in [2.75, 3.05) is 19.5 Å². The summed E-state index contributed by atoms with van der Waals surface area (Å²) in [5, 5.41) is 5.21. The third-order valence-corrected chi connectivity index (χ3v) is 2.22. The lowest BCUT2D eigenvalue weighted by Crippen LogP contribution is -1.93. The van der Waals surface area contributed by atoms with Crippen molar-refractivity contribution in [1.82, 2.24) is 4.98 Å². The lowest BCUT2D eigenvalue weighted by molar-refractivity contribution is 0.420. The molecule has 0 saturated carbocycles. The first-order valence-electron chi connectivity index (χ1n) is 4.46. The van der Waals surface area contributed by atoms with Crippen molar-refractivity contribution in [1.29, 1.82) is 0 Å². The number of fused-ring (bicyclic) bond motifs is 1. The van der Waals surface area contributed by atoms with Crippen LogP contribution in [0, 0.1) is 0 Å². The Kier molecular flexibility index (Phi) is 2.23. The van der Waals surface area contributed by atoms with Crippen LogP contribution in [0.3, 0.4) is 0 Å². The zero-order chi connectivity index (χ0) is 9.97. The van der Waals surface area contributed by atoms with E-state index in [-0.39, 0.29) is 0 Å². The molecule has 0 fully saturated rings. The van der Waals surface area contributed by atoms with Gasteiger partial charge in [0.15, 0.2) is 0 Å². The molecule has 2 aromatic rings. The summed E-state index contributed by atoms with van der Waals surface area (Å²) in [7, 11) is 3.54. The van der Waals surface area contributed by atoms with E-state index in [1.54, 1.807) is 13.3 Å². The van der Waals surface area contributed by atoms with E-state index >= 15 is 0 Å². The van der Waals surface area contributed by atoms with Gasteiger partial charge in [0.05, 0.1) is 7.11 Å². The molecule has 0 spiro atoms. The van der Waals surface area contributed by atoms with Gasteiger partial charge >= 0.3 is 0 Å². The minimum Gasteiger partial charge on any atom is -0.496 e. The van der Waals surface area contributed by atoms with Crippen molar-refractivity contribution >= 4 is 16.6 Å². The maximum Gasteiger partial charge on any atom is 0.133 e. The molecule has 1 aromatic carbocycles. The number of ether oxygens (including phenoxy) is 1. The third-order valence-electron chi connectivity index (χ3n) is 2.22. The molecule has 1 heterocycles. The summed E-state index contributed by atoms with van der Waals surface area (Å²) in [4.78, 5) is 4.23. The SMILES string of the molecule is CNc1nccc2c(OC)cccc12. The van der Waals surface area contributed by atoms with Crippen LogP contribution in [-0.2, 0) is 0 Å². The predicted octanol–water partition coefficient (Wildman–Crippen LogP) is 2.29. The van der Waals surface area contributed by atoms with E-state index < -0.39 is 0 Å². The molecule has 0 bridgehead atoms. The number of pyridine rings is 1. The first-order valence-corrected chi connectivity index (χ1v) is 4.46. The highest BCUT2D eigenvalue weighted by atomic mass is 16.5. The maximum absolute atomic E-state index is 5.27. The van der Waals surface area contributed by atoms with Gasteiger partial charge in [-0.1, -0.05) is 12.1 Å². The van der Waals surface area contributed by atoms with Crippen LogP contribution < -0.4 is 10.1 Å². The zero-order valence-corrected chi connectivity index (χ0v) is 8.24. The second kappa shape index (κ2) is 3.54. The van der Waals surface area contributed by atoms with Crippen molar-refractivity contribution in [2.45, 2.75) is 0 Å². The lowest BCUT2D eigenvalue weighted by Gasteiger charge is -2.07. The predicted molar refractivity (Wildman–Crippen MR) is 57.8 cm³/mol. The number of aromatic nitrogens is 1. The Labute approximate surface area is 82.7 Å². The van der Waals surface area contributed by atoms with Crippen LogP contribution in [-0.4, -0.2) is 19.1 Å². The van der Waals surface area contributed by atoms with Gasteiger partial charge in [-0.2, -0.15) is 0 Å².